The highest BCUT2D eigenvalue weighted by atomic mass is 32.2. The minimum absolute atomic E-state index is 0.0186. The summed E-state index contributed by atoms with van der Waals surface area (Å²) in [5.74, 6) is -2.39. The van der Waals surface area contributed by atoms with Gasteiger partial charge in [-0.1, -0.05) is 33.8 Å². The molecule has 0 unspecified atom stereocenters. The Hall–Kier alpha value is -1.97. The number of aromatic carboxylic acids is 2. The SMILES string of the molecule is CCCS(=O)(=O)O.CCN(CC)CC.O=C(O)c1cccc(C(=O)O)c1. The Kier molecular flexibility index (Phi) is 14.4. The van der Waals surface area contributed by atoms with Crippen LogP contribution in [0.1, 0.15) is 54.8 Å². The first kappa shape index (κ1) is 26.3. The molecular formula is C17H29NO7S. The van der Waals surface area contributed by atoms with Crippen molar-refractivity contribution in [2.45, 2.75) is 34.1 Å². The molecule has 1 rings (SSSR count). The first-order valence-corrected chi connectivity index (χ1v) is 9.87. The Bertz CT molecular complexity index is 606. The standard InChI is InChI=1S/C8H6O4.C6H15N.C3H8O3S/c9-7(10)5-2-1-3-6(4-5)8(11)12;1-4-7(5-2)6-3;1-2-3-7(4,5)6/h1-4H,(H,9,10)(H,11,12);4-6H2,1-3H3;2-3H2,1H3,(H,4,5,6). The maximum absolute atomic E-state index is 10.4. The van der Waals surface area contributed by atoms with Crippen molar-refractivity contribution in [3.8, 4) is 0 Å². The Morgan fingerprint density at radius 3 is 1.46 bits per heavy atom. The van der Waals surface area contributed by atoms with Crippen molar-refractivity contribution in [2.24, 2.45) is 0 Å². The van der Waals surface area contributed by atoms with E-state index in [1.54, 1.807) is 6.92 Å². The zero-order chi connectivity index (χ0) is 20.8. The van der Waals surface area contributed by atoms with Gasteiger partial charge in [0.25, 0.3) is 10.1 Å². The summed E-state index contributed by atoms with van der Waals surface area (Å²) in [7, 11) is -3.67. The predicted molar refractivity (Wildman–Crippen MR) is 101 cm³/mol. The fourth-order valence-electron chi connectivity index (χ4n) is 1.71. The number of carboxylic acids is 2. The number of rotatable bonds is 7. The zero-order valence-corrected chi connectivity index (χ0v) is 16.5. The molecule has 0 aliphatic heterocycles. The summed E-state index contributed by atoms with van der Waals surface area (Å²) in [5, 5.41) is 17.0. The Morgan fingerprint density at radius 1 is 0.923 bits per heavy atom. The molecule has 0 radical (unpaired) electrons. The van der Waals surface area contributed by atoms with Gasteiger partial charge in [-0.25, -0.2) is 9.59 Å². The van der Waals surface area contributed by atoms with Crippen LogP contribution in [0.2, 0.25) is 0 Å². The van der Waals surface area contributed by atoms with Crippen molar-refractivity contribution in [1.82, 2.24) is 4.90 Å². The van der Waals surface area contributed by atoms with E-state index in [1.807, 2.05) is 0 Å². The Balaban J connectivity index is 0. The monoisotopic (exact) mass is 391 g/mol. The van der Waals surface area contributed by atoms with Crippen molar-refractivity contribution in [3.63, 3.8) is 0 Å². The van der Waals surface area contributed by atoms with Crippen molar-refractivity contribution in [3.05, 3.63) is 35.4 Å². The van der Waals surface area contributed by atoms with E-state index >= 15 is 0 Å². The second kappa shape index (κ2) is 14.2. The maximum Gasteiger partial charge on any atom is 0.335 e. The fourth-order valence-corrected chi connectivity index (χ4v) is 2.23. The Labute approximate surface area is 155 Å². The second-order valence-corrected chi connectivity index (χ2v) is 6.67. The average molecular weight is 391 g/mol. The summed E-state index contributed by atoms with van der Waals surface area (Å²) in [6.07, 6.45) is 0.471. The minimum Gasteiger partial charge on any atom is -0.478 e. The van der Waals surface area contributed by atoms with Gasteiger partial charge in [0, 0.05) is 0 Å². The molecule has 0 bridgehead atoms. The third-order valence-electron chi connectivity index (χ3n) is 3.16. The average Bonchev–Trinajstić information content (AvgIpc) is 2.56. The van der Waals surface area contributed by atoms with E-state index in [1.165, 1.54) is 37.8 Å². The van der Waals surface area contributed by atoms with Gasteiger partial charge in [0.15, 0.2) is 0 Å². The predicted octanol–water partition coefficient (Wildman–Crippen LogP) is 2.72. The fraction of sp³-hybridized carbons (Fsp3) is 0.529. The van der Waals surface area contributed by atoms with Gasteiger partial charge in [0.05, 0.1) is 16.9 Å². The van der Waals surface area contributed by atoms with Crippen LogP contribution in [-0.4, -0.2) is 65.4 Å². The molecule has 9 heteroatoms. The van der Waals surface area contributed by atoms with Crippen LogP contribution in [0.4, 0.5) is 0 Å². The molecule has 0 spiro atoms. The molecule has 0 aliphatic carbocycles. The summed E-state index contributed by atoms with van der Waals surface area (Å²) in [6, 6.07) is 5.20. The molecule has 0 fully saturated rings. The molecule has 0 atom stereocenters. The first-order chi connectivity index (χ1) is 12.0. The highest BCUT2D eigenvalue weighted by Gasteiger charge is 2.06. The third kappa shape index (κ3) is 14.4. The van der Waals surface area contributed by atoms with Gasteiger partial charge in [-0.3, -0.25) is 4.55 Å². The molecule has 0 saturated carbocycles. The van der Waals surface area contributed by atoms with Crippen LogP contribution in [0.3, 0.4) is 0 Å². The van der Waals surface area contributed by atoms with Crippen LogP contribution < -0.4 is 0 Å². The Morgan fingerprint density at radius 2 is 1.31 bits per heavy atom. The molecule has 0 heterocycles. The van der Waals surface area contributed by atoms with Crippen LogP contribution in [0, 0.1) is 0 Å². The highest BCUT2D eigenvalue weighted by Crippen LogP contribution is 2.04. The van der Waals surface area contributed by atoms with Gasteiger partial charge in [-0.15, -0.1) is 0 Å². The maximum atomic E-state index is 10.4. The van der Waals surface area contributed by atoms with Crippen LogP contribution >= 0.6 is 0 Å². The lowest BCUT2D eigenvalue weighted by atomic mass is 10.1. The smallest absolute Gasteiger partial charge is 0.335 e. The largest absolute Gasteiger partial charge is 0.478 e. The minimum atomic E-state index is -3.67. The van der Waals surface area contributed by atoms with Crippen LogP contribution in [-0.2, 0) is 10.1 Å². The van der Waals surface area contributed by atoms with Crippen molar-refractivity contribution in [2.75, 3.05) is 25.4 Å². The topological polar surface area (TPSA) is 132 Å². The van der Waals surface area contributed by atoms with Crippen molar-refractivity contribution < 1.29 is 32.8 Å². The molecule has 3 N–H and O–H groups in total. The molecule has 0 saturated heterocycles. The van der Waals surface area contributed by atoms with Crippen molar-refractivity contribution in [1.29, 1.82) is 0 Å². The van der Waals surface area contributed by atoms with E-state index < -0.39 is 22.1 Å². The molecule has 0 amide bonds. The number of carboxylic acid groups (broad SMARTS) is 2. The molecular weight excluding hydrogens is 362 g/mol. The summed E-state index contributed by atoms with van der Waals surface area (Å²) in [5.41, 5.74) is -0.0372. The van der Waals surface area contributed by atoms with E-state index in [-0.39, 0.29) is 16.9 Å². The van der Waals surface area contributed by atoms with Crippen LogP contribution in [0.25, 0.3) is 0 Å². The summed E-state index contributed by atoms with van der Waals surface area (Å²) >= 11 is 0. The number of hydrogen-bond acceptors (Lipinski definition) is 5. The summed E-state index contributed by atoms with van der Waals surface area (Å²) in [4.78, 5) is 23.1. The highest BCUT2D eigenvalue weighted by molar-refractivity contribution is 7.85. The molecule has 0 aliphatic rings. The summed E-state index contributed by atoms with van der Waals surface area (Å²) in [6.45, 7) is 11.8. The molecule has 1 aromatic rings. The van der Waals surface area contributed by atoms with Gasteiger partial charge in [-0.05, 0) is 44.3 Å². The molecule has 0 aromatic heterocycles. The van der Waals surface area contributed by atoms with E-state index in [4.69, 9.17) is 14.8 Å². The molecule has 26 heavy (non-hydrogen) atoms. The van der Waals surface area contributed by atoms with Crippen LogP contribution in [0.15, 0.2) is 24.3 Å². The lowest BCUT2D eigenvalue weighted by Gasteiger charge is -2.13. The molecule has 8 nitrogen and oxygen atoms in total. The lowest BCUT2D eigenvalue weighted by molar-refractivity contribution is 0.0696. The first-order valence-electron chi connectivity index (χ1n) is 8.26. The number of hydrogen-bond donors (Lipinski definition) is 3. The van der Waals surface area contributed by atoms with Gasteiger partial charge in [0.1, 0.15) is 0 Å². The van der Waals surface area contributed by atoms with Gasteiger partial charge in [0.2, 0.25) is 0 Å². The van der Waals surface area contributed by atoms with Crippen molar-refractivity contribution >= 4 is 22.1 Å². The van der Waals surface area contributed by atoms with E-state index in [0.717, 1.165) is 6.07 Å². The molecule has 1 aromatic carbocycles. The quantitative estimate of drug-likeness (QED) is 0.604. The van der Waals surface area contributed by atoms with E-state index in [0.29, 0.717) is 6.42 Å². The van der Waals surface area contributed by atoms with E-state index in [9.17, 15) is 18.0 Å². The van der Waals surface area contributed by atoms with E-state index in [2.05, 4.69) is 25.7 Å². The molecule has 150 valence electrons. The normalized spacial score (nSPS) is 10.2. The zero-order valence-electron chi connectivity index (χ0n) is 15.7. The number of benzene rings is 1. The van der Waals surface area contributed by atoms with Gasteiger partial charge in [-0.2, -0.15) is 8.42 Å². The van der Waals surface area contributed by atoms with Gasteiger partial charge < -0.3 is 15.1 Å². The van der Waals surface area contributed by atoms with Gasteiger partial charge >= 0.3 is 11.9 Å². The van der Waals surface area contributed by atoms with Crippen LogP contribution in [0.5, 0.6) is 0 Å². The third-order valence-corrected chi connectivity index (χ3v) is 4.08. The lowest BCUT2D eigenvalue weighted by Crippen LogP contribution is -2.21. The second-order valence-electron chi connectivity index (χ2n) is 5.10. The number of carbonyl (C=O) groups is 2. The summed E-state index contributed by atoms with van der Waals surface area (Å²) < 4.78 is 27.6. The number of nitrogens with zero attached hydrogens (tertiary/aromatic N) is 1.